The minimum atomic E-state index is -1.01. The summed E-state index contributed by atoms with van der Waals surface area (Å²) >= 11 is 0. The first-order valence-electron chi connectivity index (χ1n) is 9.98. The molecule has 0 saturated heterocycles. The van der Waals surface area contributed by atoms with Gasteiger partial charge in [-0.05, 0) is 54.8 Å². The average Bonchev–Trinajstić information content (AvgIpc) is 2.75. The van der Waals surface area contributed by atoms with Crippen molar-refractivity contribution in [2.75, 3.05) is 6.54 Å². The molecule has 0 aromatic heterocycles. The highest BCUT2D eigenvalue weighted by molar-refractivity contribution is 5.97. The molecule has 0 radical (unpaired) electrons. The summed E-state index contributed by atoms with van der Waals surface area (Å²) in [4.78, 5) is 23.6. The lowest BCUT2D eigenvalue weighted by atomic mass is 9.93. The number of nitrogens with two attached hydrogens (primary N) is 1. The van der Waals surface area contributed by atoms with Gasteiger partial charge in [0.1, 0.15) is 6.04 Å². The fourth-order valence-corrected chi connectivity index (χ4v) is 2.98. The largest absolute Gasteiger partial charge is 0.339 e. The van der Waals surface area contributed by atoms with Crippen molar-refractivity contribution in [3.05, 3.63) is 70.8 Å². The van der Waals surface area contributed by atoms with E-state index >= 15 is 0 Å². The molecule has 1 saturated carbocycles. The van der Waals surface area contributed by atoms with Crippen LogP contribution in [0.2, 0.25) is 0 Å². The van der Waals surface area contributed by atoms with E-state index in [0.717, 1.165) is 17.7 Å². The van der Waals surface area contributed by atoms with E-state index in [-0.39, 0.29) is 14.0 Å². The average molecular weight is 423 g/mol. The third kappa shape index (κ3) is 6.93. The molecule has 1 aliphatic carbocycles. The minimum absolute atomic E-state index is 0. The Kier molecular flexibility index (Phi) is 9.22. The molecule has 0 bridgehead atoms. The van der Waals surface area contributed by atoms with Gasteiger partial charge in [-0.2, -0.15) is 0 Å². The van der Waals surface area contributed by atoms with Crippen LogP contribution in [0.5, 0.6) is 0 Å². The van der Waals surface area contributed by atoms with Crippen molar-refractivity contribution in [3.63, 3.8) is 0 Å². The van der Waals surface area contributed by atoms with Crippen LogP contribution in [0.1, 0.15) is 53.7 Å². The first-order chi connectivity index (χ1) is 14.6. The van der Waals surface area contributed by atoms with E-state index in [0.29, 0.717) is 11.6 Å². The molecule has 0 spiro atoms. The van der Waals surface area contributed by atoms with Crippen LogP contribution in [0.4, 0.5) is 0 Å². The summed E-state index contributed by atoms with van der Waals surface area (Å²) in [5.41, 5.74) is 10.2. The molecule has 0 unspecified atom stereocenters. The van der Waals surface area contributed by atoms with Gasteiger partial charge in [0.25, 0.3) is 11.8 Å². The Balaban J connectivity index is 0.00000341. The number of rotatable bonds is 7. The number of carbonyl (C=O) groups excluding carboxylic acids is 2. The van der Waals surface area contributed by atoms with E-state index in [2.05, 4.69) is 34.6 Å². The summed E-state index contributed by atoms with van der Waals surface area (Å²) in [5.74, 6) is 4.98. The molecule has 0 heterocycles. The van der Waals surface area contributed by atoms with Gasteiger partial charge >= 0.3 is 0 Å². The predicted molar refractivity (Wildman–Crippen MR) is 120 cm³/mol. The van der Waals surface area contributed by atoms with Crippen LogP contribution in [0, 0.1) is 11.8 Å². The molecule has 6 N–H and O–H groups in total. The molecule has 164 valence electrons. The molecule has 7 nitrogen and oxygen atoms in total. The quantitative estimate of drug-likeness (QED) is 0.266. The smallest absolute Gasteiger partial charge is 0.267 e. The van der Waals surface area contributed by atoms with Gasteiger partial charge in [0.05, 0.1) is 0 Å². The van der Waals surface area contributed by atoms with Crippen LogP contribution in [0.3, 0.4) is 0 Å². The summed E-state index contributed by atoms with van der Waals surface area (Å²) in [6, 6.07) is 14.6. The van der Waals surface area contributed by atoms with Crippen LogP contribution in [-0.2, 0) is 11.3 Å². The minimum Gasteiger partial charge on any atom is -0.339 e. The van der Waals surface area contributed by atoms with Crippen LogP contribution in [0.15, 0.2) is 48.5 Å². The van der Waals surface area contributed by atoms with Gasteiger partial charge in [-0.25, -0.2) is 5.48 Å². The zero-order chi connectivity index (χ0) is 21.3. The van der Waals surface area contributed by atoms with E-state index in [1.165, 1.54) is 30.3 Å². The molecule has 2 amide bonds. The number of nitrogens with one attached hydrogen (secondary N) is 3. The molecule has 31 heavy (non-hydrogen) atoms. The van der Waals surface area contributed by atoms with Crippen molar-refractivity contribution >= 4 is 11.8 Å². The van der Waals surface area contributed by atoms with E-state index < -0.39 is 17.9 Å². The number of hydroxylamine groups is 1. The Hall–Kier alpha value is -3.18. The molecule has 1 atom stereocenters. The predicted octanol–water partition coefficient (Wildman–Crippen LogP) is 1.93. The van der Waals surface area contributed by atoms with Gasteiger partial charge in [0.15, 0.2) is 0 Å². The van der Waals surface area contributed by atoms with Crippen molar-refractivity contribution in [2.24, 2.45) is 5.73 Å². The molecule has 0 aliphatic heterocycles. The van der Waals surface area contributed by atoms with Crippen LogP contribution in [-0.4, -0.2) is 35.7 Å². The summed E-state index contributed by atoms with van der Waals surface area (Å²) in [5, 5.41) is 14.7. The zero-order valence-corrected chi connectivity index (χ0v) is 16.7. The Bertz CT molecular complexity index is 926. The number of hydrogen-bond acceptors (Lipinski definition) is 5. The Morgan fingerprint density at radius 2 is 1.61 bits per heavy atom. The van der Waals surface area contributed by atoms with E-state index in [4.69, 9.17) is 10.9 Å². The van der Waals surface area contributed by atoms with Crippen molar-refractivity contribution in [3.8, 4) is 11.8 Å². The number of amides is 2. The molecule has 7 heteroatoms. The molecule has 1 aliphatic rings. The number of benzene rings is 2. The highest BCUT2D eigenvalue weighted by Crippen LogP contribution is 2.18. The molecular formula is C24H30N4O3. The third-order valence-electron chi connectivity index (χ3n) is 5.12. The first-order valence-corrected chi connectivity index (χ1v) is 9.98. The second-order valence-corrected chi connectivity index (χ2v) is 7.27. The third-order valence-corrected chi connectivity index (χ3v) is 5.12. The Morgan fingerprint density at radius 1 is 1.03 bits per heavy atom. The Morgan fingerprint density at radius 3 is 2.10 bits per heavy atom. The highest BCUT2D eigenvalue weighted by atomic mass is 16.5. The van der Waals surface area contributed by atoms with Crippen molar-refractivity contribution < 1.29 is 14.8 Å². The fourth-order valence-electron chi connectivity index (χ4n) is 2.98. The highest BCUT2D eigenvalue weighted by Gasteiger charge is 2.19. The van der Waals surface area contributed by atoms with Crippen LogP contribution in [0.25, 0.3) is 0 Å². The van der Waals surface area contributed by atoms with Crippen LogP contribution >= 0.6 is 0 Å². The second-order valence-electron chi connectivity index (χ2n) is 7.27. The molecule has 2 aromatic rings. The maximum Gasteiger partial charge on any atom is 0.267 e. The Labute approximate surface area is 183 Å². The van der Waals surface area contributed by atoms with Crippen molar-refractivity contribution in [2.45, 2.75) is 45.3 Å². The monoisotopic (exact) mass is 422 g/mol. The summed E-state index contributed by atoms with van der Waals surface area (Å²) in [7, 11) is 0. The lowest BCUT2D eigenvalue weighted by molar-refractivity contribution is -0.130. The number of carbonyl (C=O) groups is 2. The fraction of sp³-hybridized carbons (Fsp3) is 0.333. The van der Waals surface area contributed by atoms with Gasteiger partial charge in [0.2, 0.25) is 0 Å². The first kappa shape index (κ1) is 24.1. The van der Waals surface area contributed by atoms with Gasteiger partial charge in [-0.15, -0.1) is 0 Å². The summed E-state index contributed by atoms with van der Waals surface area (Å²) in [6.07, 6.45) is 3.87. The summed E-state index contributed by atoms with van der Waals surface area (Å²) < 4.78 is 0. The van der Waals surface area contributed by atoms with Gasteiger partial charge < -0.3 is 16.4 Å². The van der Waals surface area contributed by atoms with Crippen molar-refractivity contribution in [1.82, 2.24) is 16.1 Å². The molecule has 1 fully saturated rings. The second kappa shape index (κ2) is 11.9. The topological polar surface area (TPSA) is 116 Å². The number of hydrogen-bond donors (Lipinski definition) is 5. The van der Waals surface area contributed by atoms with Gasteiger partial charge in [-0.1, -0.05) is 37.8 Å². The zero-order valence-electron chi connectivity index (χ0n) is 16.7. The maximum atomic E-state index is 12.2. The van der Waals surface area contributed by atoms with Gasteiger partial charge in [0, 0.05) is 35.8 Å². The van der Waals surface area contributed by atoms with Crippen molar-refractivity contribution in [1.29, 1.82) is 0 Å². The van der Waals surface area contributed by atoms with E-state index in [1.807, 2.05) is 12.1 Å². The molecule has 2 aromatic carbocycles. The molecule has 3 rings (SSSR count). The maximum absolute atomic E-state index is 12.2. The summed E-state index contributed by atoms with van der Waals surface area (Å²) in [6.45, 7) is 0.754. The SMILES string of the molecule is C.NC[C@H](NC(=O)c1ccc(C#Cc2ccc(CNC3CCC3)cc2)cc1)C(=O)NO. The van der Waals surface area contributed by atoms with E-state index in [1.54, 1.807) is 24.3 Å². The van der Waals surface area contributed by atoms with Crippen LogP contribution < -0.4 is 21.8 Å². The normalized spacial score (nSPS) is 13.6. The lowest BCUT2D eigenvalue weighted by Crippen LogP contribution is -2.50. The standard InChI is InChI=1S/C23H26N4O3.CH4/c24-14-21(23(29)27-30)26-22(28)19-12-10-17(11-13-19)5-4-16-6-8-18(9-7-16)15-25-20-2-1-3-20;/h6-13,20-21,25,30H,1-3,14-15,24H2,(H,26,28)(H,27,29);1H4/t21-;/m0./s1. The lowest BCUT2D eigenvalue weighted by Gasteiger charge is -2.26. The molecular weight excluding hydrogens is 392 g/mol. The van der Waals surface area contributed by atoms with E-state index in [9.17, 15) is 9.59 Å². The van der Waals surface area contributed by atoms with Gasteiger partial charge in [-0.3, -0.25) is 14.8 Å².